The smallest absolute Gasteiger partial charge is 0.303 e. The van der Waals surface area contributed by atoms with Gasteiger partial charge in [0.2, 0.25) is 0 Å². The lowest BCUT2D eigenvalue weighted by Crippen LogP contribution is -1.97. The molecule has 0 saturated carbocycles. The number of nitrogens with one attached hydrogen (secondary N) is 1. The van der Waals surface area contributed by atoms with Crippen molar-refractivity contribution >= 4 is 7.82 Å². The van der Waals surface area contributed by atoms with Gasteiger partial charge in [-0.3, -0.25) is 10.3 Å². The highest BCUT2D eigenvalue weighted by Gasteiger charge is 2.11. The van der Waals surface area contributed by atoms with E-state index in [1.807, 2.05) is 0 Å². The van der Waals surface area contributed by atoms with Crippen molar-refractivity contribution in [2.75, 3.05) is 13.2 Å². The summed E-state index contributed by atoms with van der Waals surface area (Å²) < 4.78 is 13.6. The largest absolute Gasteiger partial charge is 0.469 e. The Labute approximate surface area is 46.7 Å². The first-order valence-electron chi connectivity index (χ1n) is 1.91. The number of hydrogen-bond donors (Lipinski definition) is 2. The second-order valence-electron chi connectivity index (χ2n) is 1.07. The molecule has 0 fully saturated rings. The van der Waals surface area contributed by atoms with E-state index in [0.717, 1.165) is 0 Å². The van der Waals surface area contributed by atoms with Gasteiger partial charge in [-0.1, -0.05) is 0 Å². The molecule has 0 atom stereocenters. The fourth-order valence-corrected chi connectivity index (χ4v) is 0.494. The number of hydrogen-bond acceptors (Lipinski definition) is 2. The Morgan fingerprint density at radius 1 is 1.62 bits per heavy atom. The summed E-state index contributed by atoms with van der Waals surface area (Å²) in [6.45, 7) is -0.352. The summed E-state index contributed by atoms with van der Waals surface area (Å²) in [4.78, 5) is 15.9. The molecule has 1 radical (unpaired) electrons. The molecular formula is C2H7NO4P. The minimum atomic E-state index is -4.30. The number of phosphoric acid groups is 1. The summed E-state index contributed by atoms with van der Waals surface area (Å²) >= 11 is 0. The van der Waals surface area contributed by atoms with Crippen LogP contribution in [-0.4, -0.2) is 22.9 Å². The van der Waals surface area contributed by atoms with Gasteiger partial charge in [-0.2, -0.15) is 0 Å². The van der Waals surface area contributed by atoms with E-state index in [-0.39, 0.29) is 13.2 Å². The van der Waals surface area contributed by atoms with Gasteiger partial charge >= 0.3 is 7.82 Å². The first kappa shape index (κ1) is 8.07. The van der Waals surface area contributed by atoms with Crippen LogP contribution in [0.5, 0.6) is 0 Å². The molecule has 0 heterocycles. The van der Waals surface area contributed by atoms with Crippen LogP contribution in [0, 0.1) is 0 Å². The van der Waals surface area contributed by atoms with E-state index in [2.05, 4.69) is 4.52 Å². The molecule has 0 aliphatic heterocycles. The highest BCUT2D eigenvalue weighted by Crippen LogP contribution is 2.34. The van der Waals surface area contributed by atoms with Crippen LogP contribution >= 0.6 is 7.82 Å². The SMILES string of the molecule is [NH]CCOP(=O)(O)O. The summed E-state index contributed by atoms with van der Waals surface area (Å²) in [6, 6.07) is 0. The maximum Gasteiger partial charge on any atom is 0.469 e. The Bertz CT molecular complexity index is 98.2. The highest BCUT2D eigenvalue weighted by molar-refractivity contribution is 7.46. The molecular weight excluding hydrogens is 133 g/mol. The minimum absolute atomic E-state index is 0.134. The number of phosphoric ester groups is 1. The van der Waals surface area contributed by atoms with Crippen molar-refractivity contribution in [3.05, 3.63) is 0 Å². The maximum absolute atomic E-state index is 9.78. The lowest BCUT2D eigenvalue weighted by Gasteiger charge is -2.00. The van der Waals surface area contributed by atoms with E-state index in [1.165, 1.54) is 0 Å². The summed E-state index contributed by atoms with van der Waals surface area (Å²) in [7, 11) is -4.30. The Morgan fingerprint density at radius 2 is 2.12 bits per heavy atom. The van der Waals surface area contributed by atoms with E-state index in [4.69, 9.17) is 15.5 Å². The molecule has 49 valence electrons. The molecule has 0 saturated heterocycles. The maximum atomic E-state index is 9.78. The van der Waals surface area contributed by atoms with Crippen molar-refractivity contribution in [2.24, 2.45) is 0 Å². The minimum Gasteiger partial charge on any atom is -0.303 e. The second-order valence-corrected chi connectivity index (χ2v) is 2.31. The molecule has 0 unspecified atom stereocenters. The van der Waals surface area contributed by atoms with Crippen molar-refractivity contribution in [3.63, 3.8) is 0 Å². The highest BCUT2D eigenvalue weighted by atomic mass is 31.2. The quantitative estimate of drug-likeness (QED) is 0.511. The summed E-state index contributed by atoms with van der Waals surface area (Å²) in [5.74, 6) is 0. The third kappa shape index (κ3) is 6.07. The predicted octanol–water partition coefficient (Wildman–Crippen LogP) is -0.621. The van der Waals surface area contributed by atoms with Gasteiger partial charge in [0.25, 0.3) is 0 Å². The molecule has 0 aliphatic rings. The molecule has 0 bridgehead atoms. The lowest BCUT2D eigenvalue weighted by molar-refractivity contribution is 0.201. The standard InChI is InChI=1S/C2H7NO4P/c3-1-2-7-8(4,5)6/h3H,1-2H2,(H2,4,5,6). The van der Waals surface area contributed by atoms with Gasteiger partial charge in [-0.15, -0.1) is 0 Å². The average Bonchev–Trinajstić information content (AvgIpc) is 1.59. The molecule has 0 amide bonds. The molecule has 0 aromatic heterocycles. The molecule has 0 spiro atoms. The molecule has 0 aromatic rings. The van der Waals surface area contributed by atoms with Gasteiger partial charge in [-0.25, -0.2) is 4.57 Å². The monoisotopic (exact) mass is 140 g/mol. The Balaban J connectivity index is 3.26. The first-order chi connectivity index (χ1) is 3.56. The van der Waals surface area contributed by atoms with Crippen LogP contribution < -0.4 is 5.73 Å². The zero-order chi connectivity index (χ0) is 6.62. The Kier molecular flexibility index (Phi) is 3.19. The topological polar surface area (TPSA) is 90.6 Å². The van der Waals surface area contributed by atoms with Gasteiger partial charge in [0.05, 0.1) is 6.61 Å². The van der Waals surface area contributed by atoms with Crippen LogP contribution in [0.25, 0.3) is 0 Å². The van der Waals surface area contributed by atoms with Crippen molar-refractivity contribution in [1.82, 2.24) is 5.73 Å². The Morgan fingerprint density at radius 3 is 2.25 bits per heavy atom. The van der Waals surface area contributed by atoms with Crippen molar-refractivity contribution in [2.45, 2.75) is 0 Å². The molecule has 0 rings (SSSR count). The van der Waals surface area contributed by atoms with E-state index >= 15 is 0 Å². The average molecular weight is 140 g/mol. The first-order valence-corrected chi connectivity index (χ1v) is 3.44. The van der Waals surface area contributed by atoms with Gasteiger partial charge in [0.15, 0.2) is 0 Å². The van der Waals surface area contributed by atoms with Gasteiger partial charge in [-0.05, 0) is 0 Å². The molecule has 0 aliphatic carbocycles. The molecule has 8 heavy (non-hydrogen) atoms. The molecule has 3 N–H and O–H groups in total. The molecule has 5 nitrogen and oxygen atoms in total. The third-order valence-electron chi connectivity index (χ3n) is 0.362. The fourth-order valence-electron chi connectivity index (χ4n) is 0.165. The van der Waals surface area contributed by atoms with E-state index < -0.39 is 7.82 Å². The summed E-state index contributed by atoms with van der Waals surface area (Å²) in [5.41, 5.74) is 6.41. The third-order valence-corrected chi connectivity index (χ3v) is 0.880. The number of rotatable bonds is 3. The zero-order valence-electron chi connectivity index (χ0n) is 4.07. The fraction of sp³-hybridized carbons (Fsp3) is 1.00. The van der Waals surface area contributed by atoms with Gasteiger partial charge in [0, 0.05) is 6.54 Å². The van der Waals surface area contributed by atoms with E-state index in [1.54, 1.807) is 0 Å². The second kappa shape index (κ2) is 3.17. The van der Waals surface area contributed by atoms with Gasteiger partial charge in [0.1, 0.15) is 0 Å². The van der Waals surface area contributed by atoms with Crippen LogP contribution in [-0.2, 0) is 9.09 Å². The van der Waals surface area contributed by atoms with Crippen molar-refractivity contribution in [1.29, 1.82) is 0 Å². The van der Waals surface area contributed by atoms with E-state index in [9.17, 15) is 4.57 Å². The molecule has 6 heteroatoms. The van der Waals surface area contributed by atoms with Crippen LogP contribution in [0.4, 0.5) is 0 Å². The summed E-state index contributed by atoms with van der Waals surface area (Å²) in [6.07, 6.45) is 0. The van der Waals surface area contributed by atoms with Crippen LogP contribution in [0.1, 0.15) is 0 Å². The van der Waals surface area contributed by atoms with Crippen LogP contribution in [0.3, 0.4) is 0 Å². The van der Waals surface area contributed by atoms with Gasteiger partial charge < -0.3 is 9.79 Å². The summed E-state index contributed by atoms with van der Waals surface area (Å²) in [5, 5.41) is 0. The molecule has 0 aromatic carbocycles. The normalized spacial score (nSPS) is 11.9. The zero-order valence-corrected chi connectivity index (χ0v) is 4.97. The Hall–Kier alpha value is 0.0700. The van der Waals surface area contributed by atoms with Crippen LogP contribution in [0.2, 0.25) is 0 Å². The van der Waals surface area contributed by atoms with Crippen LogP contribution in [0.15, 0.2) is 0 Å². The van der Waals surface area contributed by atoms with Crippen molar-refractivity contribution in [3.8, 4) is 0 Å². The lowest BCUT2D eigenvalue weighted by atomic mass is 10.8. The van der Waals surface area contributed by atoms with E-state index in [0.29, 0.717) is 0 Å². The predicted molar refractivity (Wildman–Crippen MR) is 26.0 cm³/mol. The van der Waals surface area contributed by atoms with Crippen molar-refractivity contribution < 1.29 is 18.9 Å².